The van der Waals surface area contributed by atoms with Crippen molar-refractivity contribution in [3.05, 3.63) is 0 Å². The molecule has 82 valence electrons. The quantitative estimate of drug-likeness (QED) is 0.690. The number of hydrogen-bond donors (Lipinski definition) is 1. The maximum Gasteiger partial charge on any atom is 0.220 e. The minimum atomic E-state index is 0.263. The second-order valence-electron chi connectivity index (χ2n) is 4.41. The summed E-state index contributed by atoms with van der Waals surface area (Å²) in [6.07, 6.45) is 9.72. The topological polar surface area (TPSA) is 29.1 Å². The van der Waals surface area contributed by atoms with Gasteiger partial charge in [0, 0.05) is 13.0 Å². The van der Waals surface area contributed by atoms with E-state index in [1.54, 1.807) is 0 Å². The van der Waals surface area contributed by atoms with E-state index >= 15 is 0 Å². The minimum Gasteiger partial charge on any atom is -0.356 e. The lowest BCUT2D eigenvalue weighted by molar-refractivity contribution is -0.122. The molecule has 0 aliphatic heterocycles. The van der Waals surface area contributed by atoms with Crippen LogP contribution in [0.1, 0.15) is 58.3 Å². The van der Waals surface area contributed by atoms with Gasteiger partial charge in [0.15, 0.2) is 0 Å². The molecule has 0 aromatic carbocycles. The smallest absolute Gasteiger partial charge is 0.220 e. The van der Waals surface area contributed by atoms with Gasteiger partial charge >= 0.3 is 0 Å². The summed E-state index contributed by atoms with van der Waals surface area (Å²) in [5.41, 5.74) is 0. The highest BCUT2D eigenvalue weighted by atomic mass is 16.1. The average molecular weight is 197 g/mol. The molecule has 14 heavy (non-hydrogen) atoms. The number of carbonyl (C=O) groups is 1. The summed E-state index contributed by atoms with van der Waals surface area (Å²) in [4.78, 5) is 11.5. The maximum atomic E-state index is 11.5. The van der Waals surface area contributed by atoms with Gasteiger partial charge in [0.2, 0.25) is 5.91 Å². The van der Waals surface area contributed by atoms with Crippen LogP contribution in [0.2, 0.25) is 0 Å². The largest absolute Gasteiger partial charge is 0.356 e. The summed E-state index contributed by atoms with van der Waals surface area (Å²) in [5, 5.41) is 2.96. The molecule has 0 radical (unpaired) electrons. The lowest BCUT2D eigenvalue weighted by atomic mass is 9.96. The summed E-state index contributed by atoms with van der Waals surface area (Å²) in [5.74, 6) is 0.924. The molecule has 0 aromatic rings. The van der Waals surface area contributed by atoms with E-state index in [0.717, 1.165) is 19.4 Å². The zero-order valence-electron chi connectivity index (χ0n) is 9.35. The van der Waals surface area contributed by atoms with Crippen molar-refractivity contribution < 1.29 is 4.79 Å². The molecule has 1 amide bonds. The van der Waals surface area contributed by atoms with Crippen LogP contribution >= 0.6 is 0 Å². The second kappa shape index (κ2) is 6.86. The van der Waals surface area contributed by atoms with E-state index in [1.807, 2.05) is 0 Å². The van der Waals surface area contributed by atoms with Crippen molar-refractivity contribution in [2.75, 3.05) is 6.54 Å². The Kier molecular flexibility index (Phi) is 5.65. The van der Waals surface area contributed by atoms with Crippen molar-refractivity contribution in [1.82, 2.24) is 5.32 Å². The van der Waals surface area contributed by atoms with Crippen molar-refractivity contribution in [3.63, 3.8) is 0 Å². The van der Waals surface area contributed by atoms with Crippen LogP contribution in [0.15, 0.2) is 0 Å². The number of nitrogens with one attached hydrogen (secondary N) is 1. The fraction of sp³-hybridized carbons (Fsp3) is 0.917. The first-order chi connectivity index (χ1) is 6.83. The van der Waals surface area contributed by atoms with Gasteiger partial charge in [-0.3, -0.25) is 4.79 Å². The molecule has 2 nitrogen and oxygen atoms in total. The molecule has 0 heterocycles. The Morgan fingerprint density at radius 3 is 2.43 bits per heavy atom. The van der Waals surface area contributed by atoms with Crippen LogP contribution < -0.4 is 5.32 Å². The summed E-state index contributed by atoms with van der Waals surface area (Å²) in [6, 6.07) is 0. The molecule has 1 saturated carbocycles. The summed E-state index contributed by atoms with van der Waals surface area (Å²) in [6.45, 7) is 2.93. The summed E-state index contributed by atoms with van der Waals surface area (Å²) < 4.78 is 0. The SMILES string of the molecule is CCCNC(=O)CC1CCCCCC1. The van der Waals surface area contributed by atoms with Gasteiger partial charge < -0.3 is 5.32 Å². The zero-order chi connectivity index (χ0) is 10.2. The van der Waals surface area contributed by atoms with Crippen molar-refractivity contribution in [1.29, 1.82) is 0 Å². The van der Waals surface area contributed by atoms with E-state index in [0.29, 0.717) is 5.92 Å². The first-order valence-electron chi connectivity index (χ1n) is 6.09. The molecule has 1 aliphatic carbocycles. The van der Waals surface area contributed by atoms with E-state index < -0.39 is 0 Å². The van der Waals surface area contributed by atoms with Gasteiger partial charge in [0.1, 0.15) is 0 Å². The first kappa shape index (κ1) is 11.5. The third-order valence-corrected chi connectivity index (χ3v) is 3.02. The Labute approximate surface area is 87.5 Å². The number of carbonyl (C=O) groups excluding carboxylic acids is 1. The first-order valence-corrected chi connectivity index (χ1v) is 6.09. The molecule has 0 atom stereocenters. The average Bonchev–Trinajstić information content (AvgIpc) is 2.43. The highest BCUT2D eigenvalue weighted by molar-refractivity contribution is 5.76. The summed E-state index contributed by atoms with van der Waals surface area (Å²) >= 11 is 0. The number of hydrogen-bond acceptors (Lipinski definition) is 1. The molecule has 0 bridgehead atoms. The van der Waals surface area contributed by atoms with E-state index in [4.69, 9.17) is 0 Å². The zero-order valence-corrected chi connectivity index (χ0v) is 9.35. The molecule has 0 unspecified atom stereocenters. The van der Waals surface area contributed by atoms with E-state index in [1.165, 1.54) is 38.5 Å². The van der Waals surface area contributed by atoms with Crippen LogP contribution in [0, 0.1) is 5.92 Å². The van der Waals surface area contributed by atoms with Crippen molar-refractivity contribution in [2.45, 2.75) is 58.3 Å². The van der Waals surface area contributed by atoms with Gasteiger partial charge in [-0.1, -0.05) is 32.6 Å². The Hall–Kier alpha value is -0.530. The highest BCUT2D eigenvalue weighted by Crippen LogP contribution is 2.25. The standard InChI is InChI=1S/C12H23NO/c1-2-9-13-12(14)10-11-7-5-3-4-6-8-11/h11H,2-10H2,1H3,(H,13,14). The van der Waals surface area contributed by atoms with E-state index in [2.05, 4.69) is 12.2 Å². The van der Waals surface area contributed by atoms with Crippen LogP contribution in [0.4, 0.5) is 0 Å². The van der Waals surface area contributed by atoms with Gasteiger partial charge in [-0.25, -0.2) is 0 Å². The van der Waals surface area contributed by atoms with Crippen molar-refractivity contribution in [2.24, 2.45) is 5.92 Å². The Morgan fingerprint density at radius 2 is 1.86 bits per heavy atom. The normalized spacial score (nSPS) is 18.9. The lowest BCUT2D eigenvalue weighted by Gasteiger charge is -2.13. The van der Waals surface area contributed by atoms with Gasteiger partial charge in [-0.2, -0.15) is 0 Å². The maximum absolute atomic E-state index is 11.5. The van der Waals surface area contributed by atoms with E-state index in [9.17, 15) is 4.79 Å². The monoisotopic (exact) mass is 197 g/mol. The highest BCUT2D eigenvalue weighted by Gasteiger charge is 2.15. The third-order valence-electron chi connectivity index (χ3n) is 3.02. The van der Waals surface area contributed by atoms with Gasteiger partial charge in [0.25, 0.3) is 0 Å². The number of rotatable bonds is 4. The van der Waals surface area contributed by atoms with Crippen LogP contribution in [0.3, 0.4) is 0 Å². The molecular weight excluding hydrogens is 174 g/mol. The van der Waals surface area contributed by atoms with Crippen molar-refractivity contribution >= 4 is 5.91 Å². The minimum absolute atomic E-state index is 0.263. The van der Waals surface area contributed by atoms with Crippen LogP contribution in [0.25, 0.3) is 0 Å². The predicted octanol–water partition coefficient (Wildman–Crippen LogP) is 2.87. The Balaban J connectivity index is 2.17. The number of amides is 1. The molecule has 2 heteroatoms. The summed E-state index contributed by atoms with van der Waals surface area (Å²) in [7, 11) is 0. The fourth-order valence-electron chi connectivity index (χ4n) is 2.17. The molecule has 1 aliphatic rings. The van der Waals surface area contributed by atoms with E-state index in [-0.39, 0.29) is 5.91 Å². The van der Waals surface area contributed by atoms with Gasteiger partial charge in [-0.05, 0) is 25.2 Å². The third kappa shape index (κ3) is 4.64. The molecule has 0 saturated heterocycles. The Bertz CT molecular complexity index is 160. The second-order valence-corrected chi connectivity index (χ2v) is 4.41. The molecule has 1 rings (SSSR count). The lowest BCUT2D eigenvalue weighted by Crippen LogP contribution is -2.26. The molecule has 1 N–H and O–H groups in total. The van der Waals surface area contributed by atoms with Crippen LogP contribution in [0.5, 0.6) is 0 Å². The van der Waals surface area contributed by atoms with Gasteiger partial charge in [-0.15, -0.1) is 0 Å². The fourth-order valence-corrected chi connectivity index (χ4v) is 2.17. The van der Waals surface area contributed by atoms with Crippen LogP contribution in [-0.4, -0.2) is 12.5 Å². The molecule has 1 fully saturated rings. The van der Waals surface area contributed by atoms with Crippen molar-refractivity contribution in [3.8, 4) is 0 Å². The Morgan fingerprint density at radius 1 is 1.21 bits per heavy atom. The molecular formula is C12H23NO. The van der Waals surface area contributed by atoms with Gasteiger partial charge in [0.05, 0.1) is 0 Å². The molecule has 0 aromatic heterocycles. The molecule has 0 spiro atoms. The van der Waals surface area contributed by atoms with Crippen LogP contribution in [-0.2, 0) is 4.79 Å². The predicted molar refractivity (Wildman–Crippen MR) is 59.1 cm³/mol.